The highest BCUT2D eigenvalue weighted by molar-refractivity contribution is 5.98. The predicted molar refractivity (Wildman–Crippen MR) is 91.1 cm³/mol. The van der Waals surface area contributed by atoms with E-state index in [0.717, 1.165) is 19.3 Å². The summed E-state index contributed by atoms with van der Waals surface area (Å²) in [5.74, 6) is 1.07. The van der Waals surface area contributed by atoms with Crippen LogP contribution in [0.15, 0.2) is 24.3 Å². The lowest BCUT2D eigenvalue weighted by molar-refractivity contribution is -0.146. The van der Waals surface area contributed by atoms with E-state index in [1.165, 1.54) is 0 Å². The maximum atomic E-state index is 12.5. The molecule has 2 bridgehead atoms. The van der Waals surface area contributed by atoms with Crippen LogP contribution in [0.4, 0.5) is 0 Å². The zero-order chi connectivity index (χ0) is 17.4. The Morgan fingerprint density at radius 1 is 1.40 bits per heavy atom. The Labute approximate surface area is 147 Å². The van der Waals surface area contributed by atoms with E-state index in [9.17, 15) is 9.59 Å². The maximum absolute atomic E-state index is 12.5. The largest absolute Gasteiger partial charge is 0.467 e. The molecule has 0 radical (unpaired) electrons. The molecule has 1 heterocycles. The minimum atomic E-state index is -0.655. The van der Waals surface area contributed by atoms with E-state index in [2.05, 4.69) is 10.6 Å². The van der Waals surface area contributed by atoms with Crippen LogP contribution in [-0.4, -0.2) is 37.8 Å². The second kappa shape index (κ2) is 6.33. The number of hydrogen-bond acceptors (Lipinski definition) is 4. The summed E-state index contributed by atoms with van der Waals surface area (Å²) >= 11 is 0. The summed E-state index contributed by atoms with van der Waals surface area (Å²) in [5.41, 5.74) is -0.0686. The Morgan fingerprint density at radius 3 is 3.00 bits per heavy atom. The molecule has 1 spiro atoms. The first-order valence-corrected chi connectivity index (χ1v) is 9.00. The van der Waals surface area contributed by atoms with Gasteiger partial charge in [-0.15, -0.1) is 0 Å². The predicted octanol–water partition coefficient (Wildman–Crippen LogP) is 1.70. The number of amides is 2. The number of carbonyl (C=O) groups excluding carboxylic acids is 2. The van der Waals surface area contributed by atoms with Crippen LogP contribution in [-0.2, 0) is 9.53 Å². The third-order valence-electron chi connectivity index (χ3n) is 5.91. The van der Waals surface area contributed by atoms with Crippen LogP contribution >= 0.6 is 0 Å². The van der Waals surface area contributed by atoms with Crippen molar-refractivity contribution in [2.45, 2.75) is 31.4 Å². The molecule has 3 aliphatic carbocycles. The summed E-state index contributed by atoms with van der Waals surface area (Å²) < 4.78 is 11.3. The number of hydrogen-bond donors (Lipinski definition) is 2. The number of methoxy groups -OCH3 is 1. The molecule has 6 nitrogen and oxygen atoms in total. The first-order chi connectivity index (χ1) is 12.1. The molecule has 25 heavy (non-hydrogen) atoms. The van der Waals surface area contributed by atoms with Crippen molar-refractivity contribution in [1.29, 1.82) is 0 Å². The number of fused-ring (bicyclic) bond motifs is 3. The first-order valence-electron chi connectivity index (χ1n) is 9.00. The molecule has 0 aromatic heterocycles. The van der Waals surface area contributed by atoms with Gasteiger partial charge >= 0.3 is 0 Å². The third-order valence-corrected chi connectivity index (χ3v) is 5.91. The minimum absolute atomic E-state index is 0.00102. The van der Waals surface area contributed by atoms with Gasteiger partial charge in [-0.1, -0.05) is 12.1 Å². The molecule has 1 aromatic rings. The van der Waals surface area contributed by atoms with Crippen LogP contribution in [0.2, 0.25) is 0 Å². The molecule has 0 saturated heterocycles. The van der Waals surface area contributed by atoms with E-state index in [0.29, 0.717) is 30.9 Å². The maximum Gasteiger partial charge on any atom is 0.258 e. The van der Waals surface area contributed by atoms with Crippen LogP contribution in [0.5, 0.6) is 5.75 Å². The van der Waals surface area contributed by atoms with E-state index in [1.54, 1.807) is 13.2 Å². The lowest BCUT2D eigenvalue weighted by atomic mass is 9.60. The molecule has 2 amide bonds. The highest BCUT2D eigenvalue weighted by atomic mass is 16.5. The average Bonchev–Trinajstić information content (AvgIpc) is 2.62. The van der Waals surface area contributed by atoms with Crippen LogP contribution < -0.4 is 15.4 Å². The second-order valence-electron chi connectivity index (χ2n) is 7.31. The number of carbonyl (C=O) groups is 2. The summed E-state index contributed by atoms with van der Waals surface area (Å²) in [6, 6.07) is 7.36. The molecule has 5 rings (SSSR count). The molecule has 1 aliphatic heterocycles. The van der Waals surface area contributed by atoms with Gasteiger partial charge in [0, 0.05) is 31.9 Å². The summed E-state index contributed by atoms with van der Waals surface area (Å²) in [6.45, 7) is 1.06. The molecule has 2 N–H and O–H groups in total. The zero-order valence-corrected chi connectivity index (χ0v) is 14.4. The Hall–Kier alpha value is -2.08. The van der Waals surface area contributed by atoms with Crippen molar-refractivity contribution in [3.8, 4) is 5.75 Å². The van der Waals surface area contributed by atoms with Gasteiger partial charge in [-0.2, -0.15) is 0 Å². The molecule has 6 heteroatoms. The lowest BCUT2D eigenvalue weighted by Crippen LogP contribution is -2.67. The van der Waals surface area contributed by atoms with Crippen LogP contribution in [0.25, 0.3) is 0 Å². The zero-order valence-electron chi connectivity index (χ0n) is 14.4. The Kier molecular flexibility index (Phi) is 4.15. The number of ether oxygens (including phenoxy) is 2. The molecule has 1 aromatic carbocycles. The minimum Gasteiger partial charge on any atom is -0.467 e. The number of nitrogens with one attached hydrogen (secondary N) is 2. The van der Waals surface area contributed by atoms with Crippen molar-refractivity contribution < 1.29 is 19.1 Å². The van der Waals surface area contributed by atoms with E-state index < -0.39 is 5.72 Å². The van der Waals surface area contributed by atoms with Crippen LogP contribution in [0.1, 0.15) is 36.0 Å². The molecular formula is C19H24N2O4. The fraction of sp³-hybridized carbons (Fsp3) is 0.579. The normalized spacial score (nSPS) is 32.7. The monoisotopic (exact) mass is 344 g/mol. The molecule has 3 saturated carbocycles. The van der Waals surface area contributed by atoms with E-state index in [1.807, 2.05) is 18.2 Å². The standard InChI is InChI=1S/C19H24N2O4/c1-24-9-8-20-17(22)15-10-13-7-6-12(15)11-19(13)21-18(23)14-4-2-3-5-16(14)25-19/h2-5,12-13,15H,6-11H2,1H3,(H,20,22)(H,21,23)/t12-,13-,15-,19+/m1/s1. The van der Waals surface area contributed by atoms with Crippen molar-refractivity contribution in [3.63, 3.8) is 0 Å². The summed E-state index contributed by atoms with van der Waals surface area (Å²) in [7, 11) is 1.62. The number of rotatable bonds is 4. The number of para-hydroxylation sites is 1. The molecule has 134 valence electrons. The van der Waals surface area contributed by atoms with Gasteiger partial charge in [0.25, 0.3) is 5.91 Å². The number of benzene rings is 1. The molecule has 3 fully saturated rings. The Morgan fingerprint density at radius 2 is 2.24 bits per heavy atom. The molecule has 0 unspecified atom stereocenters. The summed E-state index contributed by atoms with van der Waals surface area (Å²) in [4.78, 5) is 25.0. The van der Waals surface area contributed by atoms with Crippen molar-refractivity contribution in [2.75, 3.05) is 20.3 Å². The van der Waals surface area contributed by atoms with Gasteiger partial charge in [0.1, 0.15) is 5.75 Å². The highest BCUT2D eigenvalue weighted by Gasteiger charge is 2.57. The fourth-order valence-electron chi connectivity index (χ4n) is 4.69. The van der Waals surface area contributed by atoms with Gasteiger partial charge in [0.05, 0.1) is 12.2 Å². The second-order valence-corrected chi connectivity index (χ2v) is 7.31. The van der Waals surface area contributed by atoms with Gasteiger partial charge < -0.3 is 20.1 Å². The summed E-state index contributed by atoms with van der Waals surface area (Å²) in [6.07, 6.45) is 3.44. The quantitative estimate of drug-likeness (QED) is 0.815. The molecule has 4 aliphatic rings. The fourth-order valence-corrected chi connectivity index (χ4v) is 4.69. The van der Waals surface area contributed by atoms with E-state index in [4.69, 9.17) is 9.47 Å². The Balaban J connectivity index is 1.51. The topological polar surface area (TPSA) is 76.7 Å². The van der Waals surface area contributed by atoms with Gasteiger partial charge in [0.2, 0.25) is 5.91 Å². The molecular weight excluding hydrogens is 320 g/mol. The van der Waals surface area contributed by atoms with Crippen molar-refractivity contribution in [1.82, 2.24) is 10.6 Å². The van der Waals surface area contributed by atoms with Crippen molar-refractivity contribution in [3.05, 3.63) is 29.8 Å². The van der Waals surface area contributed by atoms with Gasteiger partial charge in [0.15, 0.2) is 5.72 Å². The third kappa shape index (κ3) is 2.78. The van der Waals surface area contributed by atoms with Crippen molar-refractivity contribution in [2.24, 2.45) is 17.8 Å². The summed E-state index contributed by atoms with van der Waals surface area (Å²) in [5, 5.41) is 6.08. The SMILES string of the molecule is COCCNC(=O)[C@@H]1C[C@H]2CC[C@@H]1C[C@@]21NC(=O)c2ccccc2O1. The van der Waals surface area contributed by atoms with E-state index in [-0.39, 0.29) is 29.6 Å². The smallest absolute Gasteiger partial charge is 0.258 e. The van der Waals surface area contributed by atoms with Crippen LogP contribution in [0.3, 0.4) is 0 Å². The average molecular weight is 344 g/mol. The lowest BCUT2D eigenvalue weighted by Gasteiger charge is -2.55. The van der Waals surface area contributed by atoms with E-state index >= 15 is 0 Å². The van der Waals surface area contributed by atoms with Crippen LogP contribution in [0, 0.1) is 17.8 Å². The van der Waals surface area contributed by atoms with Crippen molar-refractivity contribution >= 4 is 11.8 Å². The first kappa shape index (κ1) is 16.4. The highest BCUT2D eigenvalue weighted by Crippen LogP contribution is 2.52. The van der Waals surface area contributed by atoms with Gasteiger partial charge in [-0.05, 0) is 37.3 Å². The van der Waals surface area contributed by atoms with Gasteiger partial charge in [-0.3, -0.25) is 9.59 Å². The molecule has 4 atom stereocenters. The van der Waals surface area contributed by atoms with Gasteiger partial charge in [-0.25, -0.2) is 0 Å². The Bertz CT molecular complexity index is 692.